The molecule has 0 bridgehead atoms. The number of nitrogens with zero attached hydrogens (tertiary/aromatic N) is 2. The summed E-state index contributed by atoms with van der Waals surface area (Å²) in [5.41, 5.74) is 7.08. The molecule has 2 saturated heterocycles. The van der Waals surface area contributed by atoms with Crippen molar-refractivity contribution in [3.8, 4) is 0 Å². The minimum absolute atomic E-state index is 0.0364. The van der Waals surface area contributed by atoms with E-state index in [2.05, 4.69) is 23.6 Å². The van der Waals surface area contributed by atoms with Crippen LogP contribution in [0.2, 0.25) is 0 Å². The lowest BCUT2D eigenvalue weighted by molar-refractivity contribution is 0.151. The summed E-state index contributed by atoms with van der Waals surface area (Å²) < 4.78 is 0. The molecular weight excluding hydrogens is 226 g/mol. The normalized spacial score (nSPS) is 24.2. The molecule has 1 unspecified atom stereocenters. The molecule has 1 aromatic carbocycles. The molecule has 2 aliphatic heterocycles. The average Bonchev–Trinajstić information content (AvgIpc) is 3.20. The number of likely N-dealkylation sites (tertiary alicyclic amines) is 1. The van der Waals surface area contributed by atoms with Gasteiger partial charge in [0, 0.05) is 24.7 Å². The molecule has 0 aliphatic carbocycles. The Labute approximate surface area is 108 Å². The van der Waals surface area contributed by atoms with Crippen LogP contribution in [0.25, 0.3) is 0 Å². The minimum Gasteiger partial charge on any atom is -0.357 e. The van der Waals surface area contributed by atoms with E-state index in [0.717, 1.165) is 31.8 Å². The summed E-state index contributed by atoms with van der Waals surface area (Å²) in [4.78, 5) is 7.86. The van der Waals surface area contributed by atoms with Gasteiger partial charge in [-0.15, -0.1) is 0 Å². The van der Waals surface area contributed by atoms with Crippen molar-refractivity contribution in [2.75, 3.05) is 13.1 Å². The lowest BCUT2D eigenvalue weighted by atomic mass is 10.1. The number of piperidine rings is 1. The van der Waals surface area contributed by atoms with E-state index in [-0.39, 0.29) is 6.23 Å². The Kier molecular flexibility index (Phi) is 2.97. The summed E-state index contributed by atoms with van der Waals surface area (Å²) in [5, 5.41) is 1.88. The van der Waals surface area contributed by atoms with Crippen LogP contribution in [-0.2, 0) is 4.84 Å². The molecule has 0 spiro atoms. The van der Waals surface area contributed by atoms with Gasteiger partial charge in [-0.05, 0) is 12.8 Å². The molecule has 0 aromatic heterocycles. The standard InChI is InChI=1S/C14H19N3O/c1-11(16-9-7-13(15)8-10-16)17-14(18-17)12-5-3-2-4-6-12/h2-6,13-14H,1,7-10,15H2. The second-order valence-corrected chi connectivity index (χ2v) is 4.93. The molecule has 2 N–H and O–H groups in total. The zero-order valence-electron chi connectivity index (χ0n) is 10.5. The maximum atomic E-state index is 5.91. The molecule has 0 saturated carbocycles. The molecule has 0 amide bonds. The Morgan fingerprint density at radius 3 is 2.56 bits per heavy atom. The Hall–Kier alpha value is -1.52. The van der Waals surface area contributed by atoms with E-state index in [0.29, 0.717) is 6.04 Å². The van der Waals surface area contributed by atoms with Crippen LogP contribution in [0.4, 0.5) is 0 Å². The molecule has 18 heavy (non-hydrogen) atoms. The van der Waals surface area contributed by atoms with E-state index in [1.54, 1.807) is 0 Å². The highest BCUT2D eigenvalue weighted by molar-refractivity contribution is 5.20. The highest BCUT2D eigenvalue weighted by Gasteiger charge is 2.41. The second-order valence-electron chi connectivity index (χ2n) is 4.93. The molecule has 4 heteroatoms. The van der Waals surface area contributed by atoms with Crippen LogP contribution in [0, 0.1) is 0 Å². The van der Waals surface area contributed by atoms with E-state index < -0.39 is 0 Å². The van der Waals surface area contributed by atoms with Gasteiger partial charge in [-0.25, -0.2) is 4.84 Å². The lowest BCUT2D eigenvalue weighted by Crippen LogP contribution is -2.40. The fourth-order valence-corrected chi connectivity index (χ4v) is 2.39. The zero-order chi connectivity index (χ0) is 12.5. The summed E-state index contributed by atoms with van der Waals surface area (Å²) >= 11 is 0. The van der Waals surface area contributed by atoms with Crippen molar-refractivity contribution in [2.24, 2.45) is 5.73 Å². The van der Waals surface area contributed by atoms with Gasteiger partial charge in [0.1, 0.15) is 5.82 Å². The third-order valence-electron chi connectivity index (χ3n) is 3.62. The van der Waals surface area contributed by atoms with Crippen molar-refractivity contribution in [2.45, 2.75) is 25.1 Å². The van der Waals surface area contributed by atoms with Crippen LogP contribution >= 0.6 is 0 Å². The molecule has 2 fully saturated rings. The first kappa shape index (κ1) is 11.6. The average molecular weight is 245 g/mol. The quantitative estimate of drug-likeness (QED) is 0.825. The van der Waals surface area contributed by atoms with Gasteiger partial charge in [0.05, 0.1) is 0 Å². The number of hydroxylamine groups is 2. The molecule has 96 valence electrons. The number of nitrogens with two attached hydrogens (primary N) is 1. The van der Waals surface area contributed by atoms with Crippen molar-refractivity contribution in [3.63, 3.8) is 0 Å². The number of rotatable bonds is 3. The molecule has 1 aromatic rings. The largest absolute Gasteiger partial charge is 0.357 e. The van der Waals surface area contributed by atoms with E-state index in [4.69, 9.17) is 10.6 Å². The van der Waals surface area contributed by atoms with E-state index in [1.807, 2.05) is 23.3 Å². The van der Waals surface area contributed by atoms with Gasteiger partial charge in [-0.3, -0.25) is 0 Å². The van der Waals surface area contributed by atoms with Crippen molar-refractivity contribution in [1.82, 2.24) is 9.96 Å². The van der Waals surface area contributed by atoms with Crippen LogP contribution in [-0.4, -0.2) is 29.1 Å². The monoisotopic (exact) mass is 245 g/mol. The maximum absolute atomic E-state index is 5.91. The SMILES string of the molecule is C=C(N1CCC(N)CC1)N1OC1c1ccccc1. The van der Waals surface area contributed by atoms with Gasteiger partial charge in [0.2, 0.25) is 6.23 Å². The second kappa shape index (κ2) is 4.63. The fraction of sp³-hybridized carbons (Fsp3) is 0.429. The summed E-state index contributed by atoms with van der Waals surface area (Å²) in [7, 11) is 0. The Balaban J connectivity index is 1.59. The Bertz CT molecular complexity index is 426. The summed E-state index contributed by atoms with van der Waals surface area (Å²) in [6.07, 6.45) is 2.10. The highest BCUT2D eigenvalue weighted by atomic mass is 16.8. The van der Waals surface area contributed by atoms with Gasteiger partial charge in [-0.2, -0.15) is 5.06 Å². The fourth-order valence-electron chi connectivity index (χ4n) is 2.39. The molecule has 4 nitrogen and oxygen atoms in total. The van der Waals surface area contributed by atoms with Crippen molar-refractivity contribution in [1.29, 1.82) is 0 Å². The lowest BCUT2D eigenvalue weighted by Gasteiger charge is -2.32. The zero-order valence-corrected chi connectivity index (χ0v) is 10.5. The molecule has 2 heterocycles. The van der Waals surface area contributed by atoms with Gasteiger partial charge in [-0.1, -0.05) is 36.9 Å². The number of hydrogen-bond acceptors (Lipinski definition) is 4. The third kappa shape index (κ3) is 2.21. The first-order valence-corrected chi connectivity index (χ1v) is 6.46. The van der Waals surface area contributed by atoms with Gasteiger partial charge in [0.25, 0.3) is 0 Å². The van der Waals surface area contributed by atoms with Crippen LogP contribution in [0.5, 0.6) is 0 Å². The van der Waals surface area contributed by atoms with E-state index in [9.17, 15) is 0 Å². The Morgan fingerprint density at radius 2 is 1.89 bits per heavy atom. The topological polar surface area (TPSA) is 44.8 Å². The first-order chi connectivity index (χ1) is 8.75. The van der Waals surface area contributed by atoms with E-state index >= 15 is 0 Å². The molecule has 1 atom stereocenters. The van der Waals surface area contributed by atoms with Crippen LogP contribution in [0.15, 0.2) is 42.7 Å². The van der Waals surface area contributed by atoms with Crippen molar-refractivity contribution in [3.05, 3.63) is 48.3 Å². The smallest absolute Gasteiger partial charge is 0.208 e. The van der Waals surface area contributed by atoms with Gasteiger partial charge < -0.3 is 10.6 Å². The summed E-state index contributed by atoms with van der Waals surface area (Å²) in [6, 6.07) is 10.6. The van der Waals surface area contributed by atoms with Crippen LogP contribution in [0.3, 0.4) is 0 Å². The van der Waals surface area contributed by atoms with Crippen LogP contribution < -0.4 is 5.73 Å². The number of benzene rings is 1. The summed E-state index contributed by atoms with van der Waals surface area (Å²) in [5.74, 6) is 0.954. The maximum Gasteiger partial charge on any atom is 0.208 e. The first-order valence-electron chi connectivity index (χ1n) is 6.46. The van der Waals surface area contributed by atoms with E-state index in [1.165, 1.54) is 5.56 Å². The third-order valence-corrected chi connectivity index (χ3v) is 3.62. The Morgan fingerprint density at radius 1 is 1.22 bits per heavy atom. The molecule has 3 rings (SSSR count). The van der Waals surface area contributed by atoms with Crippen LogP contribution in [0.1, 0.15) is 24.6 Å². The highest BCUT2D eigenvalue weighted by Crippen LogP contribution is 2.41. The minimum atomic E-state index is 0.0364. The summed E-state index contributed by atoms with van der Waals surface area (Å²) in [6.45, 7) is 6.07. The van der Waals surface area contributed by atoms with Gasteiger partial charge in [0.15, 0.2) is 0 Å². The predicted octanol–water partition coefficient (Wildman–Crippen LogP) is 1.83. The molecular formula is C14H19N3O. The van der Waals surface area contributed by atoms with Crippen molar-refractivity contribution >= 4 is 0 Å². The molecule has 0 radical (unpaired) electrons. The number of hydrogen-bond donors (Lipinski definition) is 1. The van der Waals surface area contributed by atoms with Crippen molar-refractivity contribution < 1.29 is 4.84 Å². The predicted molar refractivity (Wildman–Crippen MR) is 70.0 cm³/mol. The molecule has 2 aliphatic rings. The van der Waals surface area contributed by atoms with Gasteiger partial charge >= 0.3 is 0 Å².